The summed E-state index contributed by atoms with van der Waals surface area (Å²) >= 11 is 0. The van der Waals surface area contributed by atoms with Crippen molar-refractivity contribution in [3.05, 3.63) is 18.1 Å². The van der Waals surface area contributed by atoms with E-state index in [9.17, 15) is 0 Å². The van der Waals surface area contributed by atoms with Crippen molar-refractivity contribution in [2.75, 3.05) is 11.9 Å². The highest BCUT2D eigenvalue weighted by atomic mass is 15.2. The summed E-state index contributed by atoms with van der Waals surface area (Å²) in [6.07, 6.45) is 14.5. The Kier molecular flexibility index (Phi) is 4.51. The standard InChI is InChI=1S/C16H26N4/c1-20(15-6-4-2-3-5-7-15)16-12-17-10-14(19-16)11-18-13-8-9-13/h10,12-13,15,18H,2-9,11H2,1H3. The van der Waals surface area contributed by atoms with Gasteiger partial charge in [0.1, 0.15) is 5.82 Å². The molecule has 0 bridgehead atoms. The van der Waals surface area contributed by atoms with Gasteiger partial charge in [-0.05, 0) is 25.7 Å². The van der Waals surface area contributed by atoms with Crippen LogP contribution < -0.4 is 10.2 Å². The lowest BCUT2D eigenvalue weighted by Gasteiger charge is -2.28. The summed E-state index contributed by atoms with van der Waals surface area (Å²) in [6, 6.07) is 1.36. The minimum absolute atomic E-state index is 0.637. The zero-order chi connectivity index (χ0) is 13.8. The summed E-state index contributed by atoms with van der Waals surface area (Å²) in [7, 11) is 2.18. The summed E-state index contributed by atoms with van der Waals surface area (Å²) in [6.45, 7) is 0.851. The van der Waals surface area contributed by atoms with Gasteiger partial charge >= 0.3 is 0 Å². The Hall–Kier alpha value is -1.16. The molecule has 0 spiro atoms. The first-order valence-electron chi connectivity index (χ1n) is 8.10. The van der Waals surface area contributed by atoms with Gasteiger partial charge in [0.05, 0.1) is 11.9 Å². The van der Waals surface area contributed by atoms with Gasteiger partial charge in [-0.2, -0.15) is 0 Å². The van der Waals surface area contributed by atoms with Crippen molar-refractivity contribution in [3.63, 3.8) is 0 Å². The SMILES string of the molecule is CN(c1cncc(CNC2CC2)n1)C1CCCCCC1. The van der Waals surface area contributed by atoms with Crippen LogP contribution in [0.4, 0.5) is 5.82 Å². The number of rotatable bonds is 5. The zero-order valence-electron chi connectivity index (χ0n) is 12.5. The molecule has 20 heavy (non-hydrogen) atoms. The lowest BCUT2D eigenvalue weighted by molar-refractivity contribution is 0.547. The Labute approximate surface area is 122 Å². The number of anilines is 1. The highest BCUT2D eigenvalue weighted by molar-refractivity contribution is 5.36. The van der Waals surface area contributed by atoms with Crippen LogP contribution in [0, 0.1) is 0 Å². The molecule has 110 valence electrons. The third kappa shape index (κ3) is 3.69. The number of nitrogens with one attached hydrogen (secondary N) is 1. The van der Waals surface area contributed by atoms with E-state index in [4.69, 9.17) is 4.98 Å². The van der Waals surface area contributed by atoms with Crippen molar-refractivity contribution < 1.29 is 0 Å². The number of hydrogen-bond donors (Lipinski definition) is 1. The maximum absolute atomic E-state index is 4.78. The second-order valence-corrected chi connectivity index (χ2v) is 6.28. The molecule has 0 atom stereocenters. The van der Waals surface area contributed by atoms with Crippen LogP contribution in [0.3, 0.4) is 0 Å². The predicted octanol–water partition coefficient (Wildman–Crippen LogP) is 2.89. The predicted molar refractivity (Wildman–Crippen MR) is 81.8 cm³/mol. The molecule has 1 N–H and O–H groups in total. The molecular formula is C16H26N4. The van der Waals surface area contributed by atoms with Gasteiger partial charge in [0, 0.05) is 31.9 Å². The van der Waals surface area contributed by atoms with E-state index in [1.165, 1.54) is 51.4 Å². The van der Waals surface area contributed by atoms with Gasteiger partial charge in [0.25, 0.3) is 0 Å². The van der Waals surface area contributed by atoms with E-state index in [0.29, 0.717) is 6.04 Å². The molecule has 1 aromatic rings. The maximum Gasteiger partial charge on any atom is 0.147 e. The van der Waals surface area contributed by atoms with Crippen molar-refractivity contribution >= 4 is 5.82 Å². The average molecular weight is 274 g/mol. The first-order chi connectivity index (χ1) is 9.83. The fourth-order valence-electron chi connectivity index (χ4n) is 3.02. The molecular weight excluding hydrogens is 248 g/mol. The highest BCUT2D eigenvalue weighted by Crippen LogP contribution is 2.24. The molecule has 4 nitrogen and oxygen atoms in total. The summed E-state index contributed by atoms with van der Waals surface area (Å²) in [5.41, 5.74) is 1.06. The first-order valence-corrected chi connectivity index (χ1v) is 8.10. The Morgan fingerprint density at radius 3 is 2.55 bits per heavy atom. The van der Waals surface area contributed by atoms with Crippen molar-refractivity contribution in [2.45, 2.75) is 70.0 Å². The molecule has 1 heterocycles. The van der Waals surface area contributed by atoms with Crippen LogP contribution in [-0.4, -0.2) is 29.1 Å². The highest BCUT2D eigenvalue weighted by Gasteiger charge is 2.21. The van der Waals surface area contributed by atoms with Crippen LogP contribution >= 0.6 is 0 Å². The van der Waals surface area contributed by atoms with E-state index < -0.39 is 0 Å². The fraction of sp³-hybridized carbons (Fsp3) is 0.750. The molecule has 2 aliphatic carbocycles. The van der Waals surface area contributed by atoms with E-state index in [-0.39, 0.29) is 0 Å². The molecule has 0 amide bonds. The van der Waals surface area contributed by atoms with Gasteiger partial charge in [0.15, 0.2) is 0 Å². The number of aromatic nitrogens is 2. The molecule has 0 aliphatic heterocycles. The molecule has 0 aromatic carbocycles. The molecule has 0 saturated heterocycles. The third-order valence-corrected chi connectivity index (χ3v) is 4.55. The molecule has 0 radical (unpaired) electrons. The molecule has 2 saturated carbocycles. The summed E-state index contributed by atoms with van der Waals surface area (Å²) in [5.74, 6) is 1.03. The van der Waals surface area contributed by atoms with Crippen LogP contribution in [-0.2, 0) is 6.54 Å². The van der Waals surface area contributed by atoms with Crippen molar-refractivity contribution in [1.29, 1.82) is 0 Å². The zero-order valence-corrected chi connectivity index (χ0v) is 12.5. The van der Waals surface area contributed by atoms with Crippen LogP contribution in [0.25, 0.3) is 0 Å². The Morgan fingerprint density at radius 1 is 1.10 bits per heavy atom. The van der Waals surface area contributed by atoms with Gasteiger partial charge in [-0.25, -0.2) is 4.98 Å². The molecule has 0 unspecified atom stereocenters. The van der Waals surface area contributed by atoms with Crippen molar-refractivity contribution in [2.24, 2.45) is 0 Å². The van der Waals surface area contributed by atoms with Gasteiger partial charge < -0.3 is 10.2 Å². The van der Waals surface area contributed by atoms with Gasteiger partial charge in [-0.3, -0.25) is 4.98 Å². The normalized spacial score (nSPS) is 20.6. The average Bonchev–Trinajstić information content (AvgIpc) is 3.31. The molecule has 4 heteroatoms. The number of hydrogen-bond acceptors (Lipinski definition) is 4. The van der Waals surface area contributed by atoms with Gasteiger partial charge in [-0.1, -0.05) is 25.7 Å². The molecule has 2 aliphatic rings. The largest absolute Gasteiger partial charge is 0.355 e. The van der Waals surface area contributed by atoms with E-state index >= 15 is 0 Å². The van der Waals surface area contributed by atoms with Gasteiger partial charge in [0.2, 0.25) is 0 Å². The first kappa shape index (κ1) is 13.8. The van der Waals surface area contributed by atoms with E-state index in [1.807, 2.05) is 12.4 Å². The summed E-state index contributed by atoms with van der Waals surface area (Å²) in [4.78, 5) is 11.5. The van der Waals surface area contributed by atoms with Crippen LogP contribution in [0.1, 0.15) is 57.1 Å². The number of nitrogens with zero attached hydrogens (tertiary/aromatic N) is 3. The Balaban J connectivity index is 1.63. The van der Waals surface area contributed by atoms with Crippen molar-refractivity contribution in [3.8, 4) is 0 Å². The van der Waals surface area contributed by atoms with Crippen LogP contribution in [0.15, 0.2) is 12.4 Å². The topological polar surface area (TPSA) is 41.1 Å². The Bertz CT molecular complexity index is 422. The lowest BCUT2D eigenvalue weighted by atomic mass is 10.1. The fourth-order valence-corrected chi connectivity index (χ4v) is 3.02. The second-order valence-electron chi connectivity index (χ2n) is 6.28. The molecule has 1 aromatic heterocycles. The second kappa shape index (κ2) is 6.53. The van der Waals surface area contributed by atoms with Gasteiger partial charge in [-0.15, -0.1) is 0 Å². The van der Waals surface area contributed by atoms with Crippen molar-refractivity contribution in [1.82, 2.24) is 15.3 Å². The van der Waals surface area contributed by atoms with E-state index in [1.54, 1.807) is 0 Å². The summed E-state index contributed by atoms with van der Waals surface area (Å²) in [5, 5.41) is 3.51. The minimum atomic E-state index is 0.637. The lowest BCUT2D eigenvalue weighted by Crippen LogP contribution is -2.32. The Morgan fingerprint density at radius 2 is 1.85 bits per heavy atom. The van der Waals surface area contributed by atoms with E-state index in [0.717, 1.165) is 24.1 Å². The monoisotopic (exact) mass is 274 g/mol. The minimum Gasteiger partial charge on any atom is -0.355 e. The third-order valence-electron chi connectivity index (χ3n) is 4.55. The molecule has 2 fully saturated rings. The van der Waals surface area contributed by atoms with Crippen LogP contribution in [0.2, 0.25) is 0 Å². The van der Waals surface area contributed by atoms with Crippen LogP contribution in [0.5, 0.6) is 0 Å². The quantitative estimate of drug-likeness (QED) is 0.838. The van der Waals surface area contributed by atoms with E-state index in [2.05, 4.69) is 22.2 Å². The molecule has 3 rings (SSSR count). The maximum atomic E-state index is 4.78. The summed E-state index contributed by atoms with van der Waals surface area (Å²) < 4.78 is 0. The smallest absolute Gasteiger partial charge is 0.147 e.